The molecular formula is C17H30N2O2. The van der Waals surface area contributed by atoms with Gasteiger partial charge in [-0.3, -0.25) is 4.90 Å². The van der Waals surface area contributed by atoms with Crippen molar-refractivity contribution in [2.45, 2.75) is 56.8 Å². The molecule has 0 aromatic rings. The van der Waals surface area contributed by atoms with Gasteiger partial charge in [0.25, 0.3) is 0 Å². The van der Waals surface area contributed by atoms with Crippen LogP contribution in [0.1, 0.15) is 38.5 Å². The molecule has 4 fully saturated rings. The van der Waals surface area contributed by atoms with Crippen LogP contribution in [0, 0.1) is 5.92 Å². The molecule has 0 amide bonds. The molecule has 2 saturated carbocycles. The summed E-state index contributed by atoms with van der Waals surface area (Å²) in [4.78, 5) is 5.24. The SMILES string of the molecule is C1CCN(CCO[C@H]2CC[C@@H]3[C@@H]2OCCN3CC2CC2)C1. The summed E-state index contributed by atoms with van der Waals surface area (Å²) in [5.41, 5.74) is 0. The third-order valence-corrected chi connectivity index (χ3v) is 5.78. The molecule has 4 nitrogen and oxygen atoms in total. The van der Waals surface area contributed by atoms with Crippen LogP contribution in [0.25, 0.3) is 0 Å². The molecule has 2 aliphatic heterocycles. The maximum atomic E-state index is 6.21. The number of rotatable bonds is 6. The molecule has 2 saturated heterocycles. The Hall–Kier alpha value is -0.160. The Kier molecular flexibility index (Phi) is 4.49. The maximum Gasteiger partial charge on any atom is 0.0991 e. The molecule has 2 heterocycles. The van der Waals surface area contributed by atoms with E-state index >= 15 is 0 Å². The second kappa shape index (κ2) is 6.53. The van der Waals surface area contributed by atoms with Gasteiger partial charge in [0.05, 0.1) is 25.4 Å². The normalized spacial score (nSPS) is 38.0. The molecular weight excluding hydrogens is 264 g/mol. The van der Waals surface area contributed by atoms with Gasteiger partial charge in [-0.15, -0.1) is 0 Å². The zero-order valence-electron chi connectivity index (χ0n) is 13.2. The van der Waals surface area contributed by atoms with Gasteiger partial charge >= 0.3 is 0 Å². The Bertz CT molecular complexity index is 342. The minimum Gasteiger partial charge on any atom is -0.374 e. The summed E-state index contributed by atoms with van der Waals surface area (Å²) < 4.78 is 12.3. The van der Waals surface area contributed by atoms with Crippen molar-refractivity contribution in [1.29, 1.82) is 0 Å². The summed E-state index contributed by atoms with van der Waals surface area (Å²) in [7, 11) is 0. The highest BCUT2D eigenvalue weighted by molar-refractivity contribution is 4.97. The van der Waals surface area contributed by atoms with Crippen LogP contribution in [0.15, 0.2) is 0 Å². The van der Waals surface area contributed by atoms with E-state index in [0.717, 1.165) is 32.2 Å². The molecule has 120 valence electrons. The second-order valence-corrected chi connectivity index (χ2v) is 7.38. The number of nitrogens with zero attached hydrogens (tertiary/aromatic N) is 2. The van der Waals surface area contributed by atoms with Gasteiger partial charge in [0.1, 0.15) is 0 Å². The first-order chi connectivity index (χ1) is 10.4. The predicted octanol–water partition coefficient (Wildman–Crippen LogP) is 1.74. The standard InChI is InChI=1S/C17H30N2O2/c1-2-8-18(7-1)9-11-20-16-6-5-15-17(16)21-12-10-19(15)13-14-3-4-14/h14-17H,1-13H2/t15-,16+,17+/m1/s1. The first-order valence-corrected chi connectivity index (χ1v) is 9.10. The molecule has 0 radical (unpaired) electrons. The molecule has 4 rings (SSSR count). The zero-order valence-corrected chi connectivity index (χ0v) is 13.2. The van der Waals surface area contributed by atoms with E-state index in [-0.39, 0.29) is 0 Å². The van der Waals surface area contributed by atoms with Crippen molar-refractivity contribution in [1.82, 2.24) is 9.80 Å². The van der Waals surface area contributed by atoms with E-state index in [4.69, 9.17) is 9.47 Å². The molecule has 0 aromatic carbocycles. The van der Waals surface area contributed by atoms with Gasteiger partial charge in [-0.25, -0.2) is 0 Å². The van der Waals surface area contributed by atoms with Crippen LogP contribution in [0.2, 0.25) is 0 Å². The smallest absolute Gasteiger partial charge is 0.0991 e. The highest BCUT2D eigenvalue weighted by Gasteiger charge is 2.44. The lowest BCUT2D eigenvalue weighted by atomic mass is 10.1. The summed E-state index contributed by atoms with van der Waals surface area (Å²) in [6.45, 7) is 7.89. The fourth-order valence-electron chi connectivity index (χ4n) is 4.37. The molecule has 2 aliphatic carbocycles. The number of morpholine rings is 1. The molecule has 3 atom stereocenters. The molecule has 4 aliphatic rings. The third-order valence-electron chi connectivity index (χ3n) is 5.78. The van der Waals surface area contributed by atoms with Crippen molar-refractivity contribution in [3.05, 3.63) is 0 Å². The van der Waals surface area contributed by atoms with Crippen LogP contribution >= 0.6 is 0 Å². The molecule has 0 bridgehead atoms. The first kappa shape index (κ1) is 14.4. The highest BCUT2D eigenvalue weighted by Crippen LogP contribution is 2.36. The molecule has 0 aromatic heterocycles. The van der Waals surface area contributed by atoms with Crippen LogP contribution in [-0.4, -0.2) is 74.0 Å². The monoisotopic (exact) mass is 294 g/mol. The van der Waals surface area contributed by atoms with Crippen molar-refractivity contribution in [3.63, 3.8) is 0 Å². The Morgan fingerprint density at radius 3 is 2.67 bits per heavy atom. The summed E-state index contributed by atoms with van der Waals surface area (Å²) in [6, 6.07) is 0.635. The zero-order chi connectivity index (χ0) is 14.1. The number of hydrogen-bond acceptors (Lipinski definition) is 4. The lowest BCUT2D eigenvalue weighted by Gasteiger charge is -2.39. The van der Waals surface area contributed by atoms with Gasteiger partial charge < -0.3 is 14.4 Å². The van der Waals surface area contributed by atoms with E-state index < -0.39 is 0 Å². The second-order valence-electron chi connectivity index (χ2n) is 7.38. The van der Waals surface area contributed by atoms with Crippen molar-refractivity contribution in [2.75, 3.05) is 45.9 Å². The van der Waals surface area contributed by atoms with Gasteiger partial charge in [0, 0.05) is 25.7 Å². The number of hydrogen-bond donors (Lipinski definition) is 0. The molecule has 0 N–H and O–H groups in total. The fraction of sp³-hybridized carbons (Fsp3) is 1.00. The largest absolute Gasteiger partial charge is 0.374 e. The van der Waals surface area contributed by atoms with E-state index in [0.29, 0.717) is 18.2 Å². The molecule has 21 heavy (non-hydrogen) atoms. The first-order valence-electron chi connectivity index (χ1n) is 9.10. The summed E-state index contributed by atoms with van der Waals surface area (Å²) >= 11 is 0. The number of ether oxygens (including phenoxy) is 2. The minimum absolute atomic E-state index is 0.344. The van der Waals surface area contributed by atoms with Gasteiger partial charge in [-0.1, -0.05) is 0 Å². The fourth-order valence-corrected chi connectivity index (χ4v) is 4.37. The summed E-state index contributed by atoms with van der Waals surface area (Å²) in [5, 5.41) is 0. The van der Waals surface area contributed by atoms with Crippen molar-refractivity contribution < 1.29 is 9.47 Å². The van der Waals surface area contributed by atoms with Crippen molar-refractivity contribution >= 4 is 0 Å². The van der Waals surface area contributed by atoms with Gasteiger partial charge in [0.15, 0.2) is 0 Å². The quantitative estimate of drug-likeness (QED) is 0.745. The molecule has 0 unspecified atom stereocenters. The Morgan fingerprint density at radius 1 is 1.00 bits per heavy atom. The van der Waals surface area contributed by atoms with Crippen LogP contribution in [0.3, 0.4) is 0 Å². The van der Waals surface area contributed by atoms with Gasteiger partial charge in [-0.05, 0) is 57.5 Å². The average molecular weight is 294 g/mol. The Morgan fingerprint density at radius 2 is 1.86 bits per heavy atom. The Balaban J connectivity index is 1.24. The average Bonchev–Trinajstić information content (AvgIpc) is 3.01. The molecule has 0 spiro atoms. The molecule has 4 heteroatoms. The number of fused-ring (bicyclic) bond motifs is 1. The summed E-state index contributed by atoms with van der Waals surface area (Å²) in [5.74, 6) is 0.985. The Labute approximate surface area is 128 Å². The topological polar surface area (TPSA) is 24.9 Å². The number of likely N-dealkylation sites (tertiary alicyclic amines) is 1. The van der Waals surface area contributed by atoms with Crippen molar-refractivity contribution in [2.24, 2.45) is 5.92 Å². The van der Waals surface area contributed by atoms with Crippen LogP contribution < -0.4 is 0 Å². The van der Waals surface area contributed by atoms with E-state index in [1.807, 2.05) is 0 Å². The van der Waals surface area contributed by atoms with E-state index in [9.17, 15) is 0 Å². The predicted molar refractivity (Wildman–Crippen MR) is 82.5 cm³/mol. The minimum atomic E-state index is 0.344. The van der Waals surface area contributed by atoms with Gasteiger partial charge in [-0.2, -0.15) is 0 Å². The lowest BCUT2D eigenvalue weighted by molar-refractivity contribution is -0.115. The third kappa shape index (κ3) is 3.44. The van der Waals surface area contributed by atoms with Crippen LogP contribution in [0.4, 0.5) is 0 Å². The van der Waals surface area contributed by atoms with E-state index in [2.05, 4.69) is 9.80 Å². The van der Waals surface area contributed by atoms with E-state index in [1.165, 1.54) is 58.2 Å². The van der Waals surface area contributed by atoms with E-state index in [1.54, 1.807) is 0 Å². The summed E-state index contributed by atoms with van der Waals surface area (Å²) in [6.07, 6.45) is 8.79. The van der Waals surface area contributed by atoms with Crippen LogP contribution in [0.5, 0.6) is 0 Å². The van der Waals surface area contributed by atoms with Crippen LogP contribution in [-0.2, 0) is 9.47 Å². The van der Waals surface area contributed by atoms with Crippen molar-refractivity contribution in [3.8, 4) is 0 Å². The maximum absolute atomic E-state index is 6.21. The lowest BCUT2D eigenvalue weighted by Crippen LogP contribution is -2.52. The van der Waals surface area contributed by atoms with Gasteiger partial charge in [0.2, 0.25) is 0 Å². The highest BCUT2D eigenvalue weighted by atomic mass is 16.5.